The van der Waals surface area contributed by atoms with Gasteiger partial charge in [-0.25, -0.2) is 4.39 Å². The molecular weight excluding hydrogens is 313 g/mol. The molecule has 6 heteroatoms. The van der Waals surface area contributed by atoms with E-state index < -0.39 is 0 Å². The lowest BCUT2D eigenvalue weighted by molar-refractivity contribution is -0.132. The molecule has 1 aliphatic rings. The van der Waals surface area contributed by atoms with Crippen molar-refractivity contribution >= 4 is 17.7 Å². The van der Waals surface area contributed by atoms with E-state index in [2.05, 4.69) is 4.90 Å². The fourth-order valence-corrected chi connectivity index (χ4v) is 3.29. The van der Waals surface area contributed by atoms with Gasteiger partial charge in [0.15, 0.2) is 0 Å². The maximum Gasteiger partial charge on any atom is 0.239 e. The molecule has 1 atom stereocenters. The Morgan fingerprint density at radius 1 is 1.26 bits per heavy atom. The van der Waals surface area contributed by atoms with Crippen LogP contribution in [0.4, 0.5) is 4.39 Å². The first-order chi connectivity index (χ1) is 11.1. The van der Waals surface area contributed by atoms with Gasteiger partial charge in [0.2, 0.25) is 5.91 Å². The number of carbonyl (C=O) groups excluding carboxylic acids is 1. The van der Waals surface area contributed by atoms with Crippen LogP contribution in [-0.4, -0.2) is 59.9 Å². The second-order valence-corrected chi connectivity index (χ2v) is 6.96. The van der Waals surface area contributed by atoms with E-state index in [1.807, 2.05) is 23.3 Å². The molecule has 1 unspecified atom stereocenters. The third-order valence-corrected chi connectivity index (χ3v) is 4.81. The Morgan fingerprint density at radius 2 is 2.00 bits per heavy atom. The second-order valence-electron chi connectivity index (χ2n) is 5.97. The number of benzene rings is 1. The van der Waals surface area contributed by atoms with Crippen LogP contribution in [-0.2, 0) is 11.3 Å². The molecule has 4 nitrogen and oxygen atoms in total. The van der Waals surface area contributed by atoms with Crippen LogP contribution in [0.25, 0.3) is 0 Å². The standard InChI is InChI=1S/C17H26FN3OS/c1-23-12-7-16(19)17(22)21-9-2-8-20(10-11-21)13-14-3-5-15(18)6-4-14/h3-6,16H,2,7-13,19H2,1H3. The monoisotopic (exact) mass is 339 g/mol. The summed E-state index contributed by atoms with van der Waals surface area (Å²) in [7, 11) is 0. The molecule has 0 saturated carbocycles. The number of hydrogen-bond donors (Lipinski definition) is 1. The van der Waals surface area contributed by atoms with Crippen LogP contribution in [0, 0.1) is 5.82 Å². The molecule has 1 saturated heterocycles. The van der Waals surface area contributed by atoms with E-state index in [1.54, 1.807) is 11.8 Å². The maximum absolute atomic E-state index is 13.0. The molecule has 1 heterocycles. The van der Waals surface area contributed by atoms with Crippen molar-refractivity contribution < 1.29 is 9.18 Å². The highest BCUT2D eigenvalue weighted by molar-refractivity contribution is 7.98. The van der Waals surface area contributed by atoms with Crippen molar-refractivity contribution in [3.05, 3.63) is 35.6 Å². The number of nitrogens with zero attached hydrogens (tertiary/aromatic N) is 2. The van der Waals surface area contributed by atoms with Gasteiger partial charge in [-0.15, -0.1) is 0 Å². The Labute approximate surface area is 142 Å². The molecule has 23 heavy (non-hydrogen) atoms. The molecule has 0 aromatic heterocycles. The summed E-state index contributed by atoms with van der Waals surface area (Å²) in [5, 5.41) is 0. The molecule has 2 N–H and O–H groups in total. The number of rotatable bonds is 6. The van der Waals surface area contributed by atoms with Gasteiger partial charge < -0.3 is 10.6 Å². The van der Waals surface area contributed by atoms with Crippen LogP contribution in [0.15, 0.2) is 24.3 Å². The Hall–Kier alpha value is -1.11. The molecule has 0 aliphatic carbocycles. The van der Waals surface area contributed by atoms with E-state index in [4.69, 9.17) is 5.73 Å². The number of carbonyl (C=O) groups is 1. The largest absolute Gasteiger partial charge is 0.340 e. The van der Waals surface area contributed by atoms with Gasteiger partial charge in [0.1, 0.15) is 5.82 Å². The van der Waals surface area contributed by atoms with Gasteiger partial charge in [0, 0.05) is 32.7 Å². The maximum atomic E-state index is 13.0. The minimum absolute atomic E-state index is 0.0719. The third kappa shape index (κ3) is 5.79. The predicted molar refractivity (Wildman–Crippen MR) is 93.8 cm³/mol. The average Bonchev–Trinajstić information content (AvgIpc) is 2.79. The zero-order chi connectivity index (χ0) is 16.7. The number of hydrogen-bond acceptors (Lipinski definition) is 4. The fourth-order valence-electron chi connectivity index (χ4n) is 2.80. The molecule has 0 bridgehead atoms. The highest BCUT2D eigenvalue weighted by Crippen LogP contribution is 2.11. The van der Waals surface area contributed by atoms with Gasteiger partial charge in [0.05, 0.1) is 6.04 Å². The second kappa shape index (κ2) is 9.25. The highest BCUT2D eigenvalue weighted by atomic mass is 32.2. The Morgan fingerprint density at radius 3 is 2.70 bits per heavy atom. The summed E-state index contributed by atoms with van der Waals surface area (Å²) in [6, 6.07) is 6.25. The van der Waals surface area contributed by atoms with Gasteiger partial charge in [0.25, 0.3) is 0 Å². The minimum Gasteiger partial charge on any atom is -0.340 e. The van der Waals surface area contributed by atoms with Crippen LogP contribution < -0.4 is 5.73 Å². The Kier molecular flexibility index (Phi) is 7.33. The van der Waals surface area contributed by atoms with Crippen LogP contribution in [0.5, 0.6) is 0 Å². The minimum atomic E-state index is -0.383. The SMILES string of the molecule is CSCCC(N)C(=O)N1CCCN(Cc2ccc(F)cc2)CC1. The van der Waals surface area contributed by atoms with Crippen LogP contribution >= 0.6 is 11.8 Å². The molecule has 128 valence electrons. The van der Waals surface area contributed by atoms with Crippen molar-refractivity contribution in [3.63, 3.8) is 0 Å². The fraction of sp³-hybridized carbons (Fsp3) is 0.588. The molecule has 1 aromatic rings. The summed E-state index contributed by atoms with van der Waals surface area (Å²) < 4.78 is 13.0. The van der Waals surface area contributed by atoms with E-state index in [0.29, 0.717) is 6.54 Å². The average molecular weight is 339 g/mol. The van der Waals surface area contributed by atoms with Gasteiger partial charge >= 0.3 is 0 Å². The van der Waals surface area contributed by atoms with E-state index in [0.717, 1.165) is 50.3 Å². The van der Waals surface area contributed by atoms with E-state index >= 15 is 0 Å². The molecule has 1 fully saturated rings. The summed E-state index contributed by atoms with van der Waals surface area (Å²) in [6.07, 6.45) is 3.70. The number of amides is 1. The van der Waals surface area contributed by atoms with Crippen LogP contribution in [0.3, 0.4) is 0 Å². The molecule has 2 rings (SSSR count). The van der Waals surface area contributed by atoms with Crippen molar-refractivity contribution in [2.75, 3.05) is 38.2 Å². The molecule has 1 aromatic carbocycles. The van der Waals surface area contributed by atoms with Crippen LogP contribution in [0.1, 0.15) is 18.4 Å². The van der Waals surface area contributed by atoms with Crippen molar-refractivity contribution in [3.8, 4) is 0 Å². The van der Waals surface area contributed by atoms with Crippen LogP contribution in [0.2, 0.25) is 0 Å². The number of nitrogens with two attached hydrogens (primary N) is 1. The highest BCUT2D eigenvalue weighted by Gasteiger charge is 2.23. The van der Waals surface area contributed by atoms with Gasteiger partial charge in [-0.2, -0.15) is 11.8 Å². The van der Waals surface area contributed by atoms with Crippen molar-refractivity contribution in [2.24, 2.45) is 5.73 Å². The first kappa shape index (κ1) is 18.2. The zero-order valence-electron chi connectivity index (χ0n) is 13.7. The predicted octanol–water partition coefficient (Wildman–Crippen LogP) is 1.94. The molecule has 0 spiro atoms. The quantitative estimate of drug-likeness (QED) is 0.860. The van der Waals surface area contributed by atoms with Crippen molar-refractivity contribution in [1.29, 1.82) is 0 Å². The summed E-state index contributed by atoms with van der Waals surface area (Å²) in [5.41, 5.74) is 7.10. The summed E-state index contributed by atoms with van der Waals surface area (Å²) >= 11 is 1.72. The first-order valence-corrected chi connectivity index (χ1v) is 9.49. The van der Waals surface area contributed by atoms with Gasteiger partial charge in [-0.05, 0) is 42.5 Å². The normalized spacial score (nSPS) is 17.8. The lowest BCUT2D eigenvalue weighted by Gasteiger charge is -2.24. The summed E-state index contributed by atoms with van der Waals surface area (Å²) in [6.45, 7) is 4.05. The van der Waals surface area contributed by atoms with E-state index in [1.165, 1.54) is 12.1 Å². The first-order valence-electron chi connectivity index (χ1n) is 8.10. The van der Waals surface area contributed by atoms with Gasteiger partial charge in [-0.1, -0.05) is 12.1 Å². The molecule has 0 radical (unpaired) electrons. The summed E-state index contributed by atoms with van der Waals surface area (Å²) in [5.74, 6) is 0.778. The lowest BCUT2D eigenvalue weighted by Crippen LogP contribution is -2.45. The van der Waals surface area contributed by atoms with E-state index in [9.17, 15) is 9.18 Å². The lowest BCUT2D eigenvalue weighted by atomic mass is 10.2. The van der Waals surface area contributed by atoms with Gasteiger partial charge in [-0.3, -0.25) is 9.69 Å². The van der Waals surface area contributed by atoms with Crippen molar-refractivity contribution in [1.82, 2.24) is 9.80 Å². The molecular formula is C17H26FN3OS. The summed E-state index contributed by atoms with van der Waals surface area (Å²) in [4.78, 5) is 16.6. The zero-order valence-corrected chi connectivity index (χ0v) is 14.5. The smallest absolute Gasteiger partial charge is 0.239 e. The Balaban J connectivity index is 1.84. The third-order valence-electron chi connectivity index (χ3n) is 4.17. The Bertz CT molecular complexity index is 497. The number of halogens is 1. The topological polar surface area (TPSA) is 49.6 Å². The van der Waals surface area contributed by atoms with E-state index in [-0.39, 0.29) is 17.8 Å². The van der Waals surface area contributed by atoms with Crippen molar-refractivity contribution in [2.45, 2.75) is 25.4 Å². The number of thioether (sulfide) groups is 1. The molecule has 1 amide bonds. The molecule has 1 aliphatic heterocycles.